The number of fused-ring (bicyclic) bond motifs is 1. The average Bonchev–Trinajstić information content (AvgIpc) is 3.35. The van der Waals surface area contributed by atoms with E-state index in [1.54, 1.807) is 18.2 Å². The largest absolute Gasteiger partial charge is 0.758 e. The fraction of sp³-hybridized carbons (Fsp3) is 0.435. The lowest BCUT2D eigenvalue weighted by Crippen LogP contribution is -2.36. The van der Waals surface area contributed by atoms with Crippen molar-refractivity contribution in [3.05, 3.63) is 53.0 Å². The van der Waals surface area contributed by atoms with Gasteiger partial charge in [-0.15, -0.1) is 0 Å². The summed E-state index contributed by atoms with van der Waals surface area (Å²) in [6.45, 7) is 2.35. The van der Waals surface area contributed by atoms with E-state index in [1.807, 2.05) is 19.1 Å². The SMILES string of the molecule is CCOc1cc(C(CC#N)C2C(=O)c3ncccc3N2[O-])ccc1OC1CCCC1. The third kappa shape index (κ3) is 3.71. The number of ketones is 1. The maximum atomic E-state index is 12.9. The van der Waals surface area contributed by atoms with Crippen LogP contribution in [0.25, 0.3) is 0 Å². The molecule has 1 aromatic carbocycles. The van der Waals surface area contributed by atoms with Crippen molar-refractivity contribution in [2.24, 2.45) is 0 Å². The van der Waals surface area contributed by atoms with Crippen molar-refractivity contribution < 1.29 is 14.3 Å². The number of pyridine rings is 1. The van der Waals surface area contributed by atoms with E-state index < -0.39 is 12.0 Å². The second-order valence-corrected chi connectivity index (χ2v) is 7.64. The molecule has 2 unspecified atom stereocenters. The van der Waals surface area contributed by atoms with Crippen molar-refractivity contribution in [3.63, 3.8) is 0 Å². The molecule has 1 fully saturated rings. The van der Waals surface area contributed by atoms with E-state index in [9.17, 15) is 15.3 Å². The first-order chi connectivity index (χ1) is 14.6. The summed E-state index contributed by atoms with van der Waals surface area (Å²) in [5.41, 5.74) is 1.11. The third-order valence-electron chi connectivity index (χ3n) is 5.76. The molecule has 4 rings (SSSR count). The summed E-state index contributed by atoms with van der Waals surface area (Å²) < 4.78 is 11.9. The number of anilines is 1. The van der Waals surface area contributed by atoms with Gasteiger partial charge in [0.15, 0.2) is 11.5 Å². The van der Waals surface area contributed by atoms with Crippen LogP contribution in [0.3, 0.4) is 0 Å². The monoisotopic (exact) mass is 406 g/mol. The van der Waals surface area contributed by atoms with E-state index in [1.165, 1.54) is 6.20 Å². The summed E-state index contributed by atoms with van der Waals surface area (Å²) in [5.74, 6) is 0.271. The van der Waals surface area contributed by atoms with E-state index in [0.717, 1.165) is 25.7 Å². The number of nitriles is 1. The molecule has 0 amide bonds. The minimum atomic E-state index is -1.02. The minimum Gasteiger partial charge on any atom is -0.758 e. The molecule has 0 bridgehead atoms. The van der Waals surface area contributed by atoms with Gasteiger partial charge >= 0.3 is 0 Å². The lowest BCUT2D eigenvalue weighted by molar-refractivity contribution is 0.0957. The lowest BCUT2D eigenvalue weighted by Gasteiger charge is -2.36. The third-order valence-corrected chi connectivity index (χ3v) is 5.76. The number of hydroxylamine groups is 1. The number of aromatic nitrogens is 1. The van der Waals surface area contributed by atoms with Crippen LogP contribution in [0.1, 0.15) is 61.0 Å². The van der Waals surface area contributed by atoms with Crippen molar-refractivity contribution >= 4 is 11.5 Å². The number of hydrogen-bond acceptors (Lipinski definition) is 7. The van der Waals surface area contributed by atoms with Crippen molar-refractivity contribution in [3.8, 4) is 17.6 Å². The number of nitrogens with zero attached hydrogens (tertiary/aromatic N) is 3. The second kappa shape index (κ2) is 8.72. The van der Waals surface area contributed by atoms with Gasteiger partial charge in [-0.1, -0.05) is 6.07 Å². The topological polar surface area (TPSA) is 98.5 Å². The molecule has 1 saturated carbocycles. The number of carbonyl (C=O) groups excluding carboxylic acids is 1. The number of benzene rings is 1. The number of rotatable bonds is 7. The zero-order valence-corrected chi connectivity index (χ0v) is 16.9. The van der Waals surface area contributed by atoms with E-state index in [-0.39, 0.29) is 29.7 Å². The lowest BCUT2D eigenvalue weighted by atomic mass is 9.87. The molecule has 2 aromatic rings. The van der Waals surface area contributed by atoms with Crippen molar-refractivity contribution in [2.75, 3.05) is 11.7 Å². The molecule has 30 heavy (non-hydrogen) atoms. The fourth-order valence-electron chi connectivity index (χ4n) is 4.32. The molecule has 156 valence electrons. The Morgan fingerprint density at radius 3 is 2.80 bits per heavy atom. The number of ether oxygens (including phenoxy) is 2. The maximum Gasteiger partial charge on any atom is 0.205 e. The molecule has 0 spiro atoms. The maximum absolute atomic E-state index is 12.9. The van der Waals surface area contributed by atoms with Crippen LogP contribution in [-0.4, -0.2) is 29.5 Å². The van der Waals surface area contributed by atoms with Gasteiger partial charge in [0.2, 0.25) is 5.78 Å². The molecule has 2 aliphatic rings. The highest BCUT2D eigenvalue weighted by molar-refractivity contribution is 6.10. The Morgan fingerprint density at radius 2 is 2.10 bits per heavy atom. The van der Waals surface area contributed by atoms with E-state index in [2.05, 4.69) is 11.1 Å². The Labute approximate surface area is 175 Å². The van der Waals surface area contributed by atoms with Crippen LogP contribution < -0.4 is 14.5 Å². The smallest absolute Gasteiger partial charge is 0.205 e. The number of carbonyl (C=O) groups is 1. The Bertz CT molecular complexity index is 965. The first kappa shape index (κ1) is 20.2. The summed E-state index contributed by atoms with van der Waals surface area (Å²) in [7, 11) is 0. The van der Waals surface area contributed by atoms with Gasteiger partial charge in [0.25, 0.3) is 0 Å². The molecule has 2 atom stereocenters. The van der Waals surface area contributed by atoms with Crippen molar-refractivity contribution in [1.82, 2.24) is 4.98 Å². The van der Waals surface area contributed by atoms with Gasteiger partial charge in [-0.05, 0) is 62.4 Å². The average molecular weight is 406 g/mol. The Hall–Kier alpha value is -3.11. The Balaban J connectivity index is 1.66. The molecule has 1 aliphatic carbocycles. The summed E-state index contributed by atoms with van der Waals surface area (Å²) in [6.07, 6.45) is 6.07. The van der Waals surface area contributed by atoms with E-state index >= 15 is 0 Å². The molecule has 0 radical (unpaired) electrons. The Morgan fingerprint density at radius 1 is 1.30 bits per heavy atom. The highest BCUT2D eigenvalue weighted by Gasteiger charge is 2.39. The van der Waals surface area contributed by atoms with Crippen LogP contribution >= 0.6 is 0 Å². The first-order valence-corrected chi connectivity index (χ1v) is 10.4. The number of hydrogen-bond donors (Lipinski definition) is 0. The van der Waals surface area contributed by atoms with Gasteiger partial charge < -0.3 is 19.7 Å². The van der Waals surface area contributed by atoms with Gasteiger partial charge in [-0.2, -0.15) is 5.26 Å². The molecular weight excluding hydrogens is 382 g/mol. The normalized spacial score (nSPS) is 19.4. The molecule has 2 heterocycles. The summed E-state index contributed by atoms with van der Waals surface area (Å²) in [4.78, 5) is 17.0. The van der Waals surface area contributed by atoms with Gasteiger partial charge in [0.1, 0.15) is 5.69 Å². The van der Waals surface area contributed by atoms with Crippen molar-refractivity contribution in [2.45, 2.75) is 57.1 Å². The zero-order valence-electron chi connectivity index (χ0n) is 16.9. The molecule has 7 heteroatoms. The van der Waals surface area contributed by atoms with Gasteiger partial charge in [-0.25, -0.2) is 0 Å². The van der Waals surface area contributed by atoms with Crippen LogP contribution in [0.15, 0.2) is 36.5 Å². The summed E-state index contributed by atoms with van der Waals surface area (Å²) >= 11 is 0. The van der Waals surface area contributed by atoms with E-state index in [0.29, 0.717) is 28.7 Å². The molecule has 0 saturated heterocycles. The summed E-state index contributed by atoms with van der Waals surface area (Å²) in [6, 6.07) is 9.76. The van der Waals surface area contributed by atoms with Gasteiger partial charge in [0.05, 0.1) is 30.5 Å². The highest BCUT2D eigenvalue weighted by Crippen LogP contribution is 2.41. The van der Waals surface area contributed by atoms with Crippen LogP contribution in [0.2, 0.25) is 0 Å². The molecule has 0 N–H and O–H groups in total. The first-order valence-electron chi connectivity index (χ1n) is 10.4. The van der Waals surface area contributed by atoms with Gasteiger partial charge in [0, 0.05) is 18.5 Å². The van der Waals surface area contributed by atoms with Crippen LogP contribution in [0.5, 0.6) is 11.5 Å². The molecule has 7 nitrogen and oxygen atoms in total. The minimum absolute atomic E-state index is 0.0253. The Kier molecular flexibility index (Phi) is 5.86. The molecular formula is C23H24N3O4-. The van der Waals surface area contributed by atoms with Gasteiger partial charge in [-0.3, -0.25) is 9.78 Å². The van der Waals surface area contributed by atoms with E-state index in [4.69, 9.17) is 9.47 Å². The highest BCUT2D eigenvalue weighted by atomic mass is 16.5. The quantitative estimate of drug-likeness (QED) is 0.673. The second-order valence-electron chi connectivity index (χ2n) is 7.64. The number of Topliss-reactive ketones (excluding diaryl/α,β-unsaturated/α-hetero) is 1. The van der Waals surface area contributed by atoms with Crippen molar-refractivity contribution in [1.29, 1.82) is 5.26 Å². The zero-order chi connectivity index (χ0) is 21.1. The van der Waals surface area contributed by atoms with Crippen LogP contribution in [0.4, 0.5) is 5.69 Å². The predicted octanol–water partition coefficient (Wildman–Crippen LogP) is 4.37. The molecule has 1 aliphatic heterocycles. The molecule has 1 aromatic heterocycles. The standard InChI is InChI=1S/C23H24N3O4/c1-2-29-20-14-15(9-10-19(20)30-16-6-3-4-7-16)17(11-12-24)22-23(27)21-18(26(22)28)8-5-13-25-21/h5,8-10,13-14,16-17,22H,2-4,6-7,11H2,1H3/q-1. The predicted molar refractivity (Wildman–Crippen MR) is 112 cm³/mol. The summed E-state index contributed by atoms with van der Waals surface area (Å²) in [5, 5.41) is 23.0. The fourth-order valence-corrected chi connectivity index (χ4v) is 4.32. The van der Waals surface area contributed by atoms with Crippen LogP contribution in [0, 0.1) is 16.5 Å². The van der Waals surface area contributed by atoms with Crippen LogP contribution in [-0.2, 0) is 0 Å².